The standard InChI is InChI=1S/C22H26/c1-5-20(22-15-11-18(3)12-16-22)8-6-7-19(4)21-13-9-17(2)10-14-21/h5,9-16,20H,1,4,6-8H2,2-3H3. The molecule has 0 aliphatic rings. The van der Waals surface area contributed by atoms with Crippen molar-refractivity contribution in [2.45, 2.75) is 39.0 Å². The van der Waals surface area contributed by atoms with Crippen molar-refractivity contribution in [1.29, 1.82) is 0 Å². The Hall–Kier alpha value is -2.08. The SMILES string of the molecule is C=CC(CCCC(=C)c1ccc(C)cc1)c1ccc(C)cc1. The highest BCUT2D eigenvalue weighted by molar-refractivity contribution is 5.63. The van der Waals surface area contributed by atoms with E-state index in [4.69, 9.17) is 0 Å². The molecule has 0 heterocycles. The van der Waals surface area contributed by atoms with Gasteiger partial charge in [-0.3, -0.25) is 0 Å². The molecule has 0 heteroatoms. The molecule has 2 aromatic rings. The van der Waals surface area contributed by atoms with Gasteiger partial charge in [-0.2, -0.15) is 0 Å². The van der Waals surface area contributed by atoms with Gasteiger partial charge in [0.2, 0.25) is 0 Å². The van der Waals surface area contributed by atoms with Gasteiger partial charge in [-0.15, -0.1) is 6.58 Å². The summed E-state index contributed by atoms with van der Waals surface area (Å²) in [6.07, 6.45) is 5.37. The summed E-state index contributed by atoms with van der Waals surface area (Å²) in [6.45, 7) is 12.5. The minimum atomic E-state index is 0.436. The Morgan fingerprint density at radius 2 is 1.50 bits per heavy atom. The highest BCUT2D eigenvalue weighted by atomic mass is 14.1. The summed E-state index contributed by atoms with van der Waals surface area (Å²) >= 11 is 0. The normalized spacial score (nSPS) is 11.9. The Balaban J connectivity index is 1.88. The third-order valence-electron chi connectivity index (χ3n) is 4.24. The van der Waals surface area contributed by atoms with Crippen molar-refractivity contribution >= 4 is 5.57 Å². The summed E-state index contributed by atoms with van der Waals surface area (Å²) in [6, 6.07) is 17.4. The van der Waals surface area contributed by atoms with Gasteiger partial charge in [0, 0.05) is 5.92 Å². The van der Waals surface area contributed by atoms with Gasteiger partial charge in [0.25, 0.3) is 0 Å². The van der Waals surface area contributed by atoms with E-state index in [1.54, 1.807) is 0 Å². The van der Waals surface area contributed by atoms with Gasteiger partial charge >= 0.3 is 0 Å². The quantitative estimate of drug-likeness (QED) is 0.513. The molecule has 0 radical (unpaired) electrons. The average molecular weight is 290 g/mol. The van der Waals surface area contributed by atoms with E-state index in [2.05, 4.69) is 81.6 Å². The van der Waals surface area contributed by atoms with Crippen LogP contribution in [0, 0.1) is 13.8 Å². The van der Waals surface area contributed by atoms with Crippen LogP contribution in [0.5, 0.6) is 0 Å². The summed E-state index contributed by atoms with van der Waals surface area (Å²) < 4.78 is 0. The van der Waals surface area contributed by atoms with Crippen LogP contribution in [0.15, 0.2) is 67.8 Å². The van der Waals surface area contributed by atoms with E-state index in [-0.39, 0.29) is 0 Å². The molecule has 1 atom stereocenters. The first-order valence-electron chi connectivity index (χ1n) is 8.04. The van der Waals surface area contributed by atoms with Crippen molar-refractivity contribution < 1.29 is 0 Å². The molecule has 0 saturated carbocycles. The smallest absolute Gasteiger partial charge is 0.00154 e. The van der Waals surface area contributed by atoms with Gasteiger partial charge in [-0.1, -0.05) is 72.3 Å². The molecule has 0 fully saturated rings. The molecule has 0 aliphatic heterocycles. The highest BCUT2D eigenvalue weighted by Gasteiger charge is 2.08. The van der Waals surface area contributed by atoms with Gasteiger partial charge in [-0.25, -0.2) is 0 Å². The van der Waals surface area contributed by atoms with Crippen LogP contribution in [0.1, 0.15) is 47.4 Å². The summed E-state index contributed by atoms with van der Waals surface area (Å²) in [4.78, 5) is 0. The second-order valence-electron chi connectivity index (χ2n) is 6.11. The number of aryl methyl sites for hydroxylation is 2. The zero-order valence-corrected chi connectivity index (χ0v) is 13.8. The van der Waals surface area contributed by atoms with E-state index < -0.39 is 0 Å². The molecule has 114 valence electrons. The average Bonchev–Trinajstić information content (AvgIpc) is 2.53. The molecule has 0 aliphatic carbocycles. The van der Waals surface area contributed by atoms with Crippen molar-refractivity contribution in [3.8, 4) is 0 Å². The fourth-order valence-corrected chi connectivity index (χ4v) is 2.70. The first-order valence-corrected chi connectivity index (χ1v) is 8.04. The van der Waals surface area contributed by atoms with E-state index in [1.165, 1.54) is 27.8 Å². The van der Waals surface area contributed by atoms with Crippen LogP contribution < -0.4 is 0 Å². The van der Waals surface area contributed by atoms with E-state index in [0.29, 0.717) is 5.92 Å². The molecule has 0 aromatic heterocycles. The van der Waals surface area contributed by atoms with Crippen molar-refractivity contribution in [3.05, 3.63) is 90.0 Å². The molecule has 0 spiro atoms. The zero-order chi connectivity index (χ0) is 15.9. The maximum absolute atomic E-state index is 4.24. The summed E-state index contributed by atoms with van der Waals surface area (Å²) in [5.74, 6) is 0.436. The first kappa shape index (κ1) is 16.3. The third-order valence-corrected chi connectivity index (χ3v) is 4.24. The minimum absolute atomic E-state index is 0.436. The lowest BCUT2D eigenvalue weighted by atomic mass is 9.91. The Labute approximate surface area is 135 Å². The predicted octanol–water partition coefficient (Wildman–Crippen LogP) is 6.46. The monoisotopic (exact) mass is 290 g/mol. The number of rotatable bonds is 7. The van der Waals surface area contributed by atoms with Crippen LogP contribution in [-0.2, 0) is 0 Å². The Morgan fingerprint density at radius 3 is 2.05 bits per heavy atom. The Bertz CT molecular complexity index is 614. The number of hydrogen-bond donors (Lipinski definition) is 0. The lowest BCUT2D eigenvalue weighted by molar-refractivity contribution is 0.690. The van der Waals surface area contributed by atoms with Gasteiger partial charge in [0.1, 0.15) is 0 Å². The van der Waals surface area contributed by atoms with Crippen molar-refractivity contribution in [3.63, 3.8) is 0 Å². The Morgan fingerprint density at radius 1 is 0.955 bits per heavy atom. The lowest BCUT2D eigenvalue weighted by Crippen LogP contribution is -1.96. The molecule has 0 N–H and O–H groups in total. The fraction of sp³-hybridized carbons (Fsp3) is 0.273. The van der Waals surface area contributed by atoms with Crippen LogP contribution in [0.25, 0.3) is 5.57 Å². The zero-order valence-electron chi connectivity index (χ0n) is 13.8. The molecule has 2 rings (SSSR count). The van der Waals surface area contributed by atoms with Crippen LogP contribution >= 0.6 is 0 Å². The number of benzene rings is 2. The fourth-order valence-electron chi connectivity index (χ4n) is 2.70. The first-order chi connectivity index (χ1) is 10.6. The number of hydrogen-bond acceptors (Lipinski definition) is 0. The van der Waals surface area contributed by atoms with Crippen molar-refractivity contribution in [2.75, 3.05) is 0 Å². The molecule has 2 aromatic carbocycles. The van der Waals surface area contributed by atoms with Crippen LogP contribution in [0.4, 0.5) is 0 Å². The Kier molecular flexibility index (Phi) is 5.77. The molecule has 0 amide bonds. The summed E-state index contributed by atoms with van der Waals surface area (Å²) in [5.41, 5.74) is 6.45. The van der Waals surface area contributed by atoms with Gasteiger partial charge < -0.3 is 0 Å². The minimum Gasteiger partial charge on any atom is -0.102 e. The highest BCUT2D eigenvalue weighted by Crippen LogP contribution is 2.26. The van der Waals surface area contributed by atoms with E-state index >= 15 is 0 Å². The maximum atomic E-state index is 4.24. The van der Waals surface area contributed by atoms with Crippen molar-refractivity contribution in [1.82, 2.24) is 0 Å². The lowest BCUT2D eigenvalue weighted by Gasteiger charge is -2.14. The largest absolute Gasteiger partial charge is 0.102 e. The molecule has 0 bridgehead atoms. The maximum Gasteiger partial charge on any atom is 0.00154 e. The number of allylic oxidation sites excluding steroid dienone is 2. The van der Waals surface area contributed by atoms with Gasteiger partial charge in [0.05, 0.1) is 0 Å². The topological polar surface area (TPSA) is 0 Å². The molecular weight excluding hydrogens is 264 g/mol. The van der Waals surface area contributed by atoms with Crippen LogP contribution in [0.3, 0.4) is 0 Å². The summed E-state index contributed by atoms with van der Waals surface area (Å²) in [7, 11) is 0. The van der Waals surface area contributed by atoms with E-state index in [9.17, 15) is 0 Å². The molecule has 22 heavy (non-hydrogen) atoms. The molecular formula is C22H26. The second kappa shape index (κ2) is 7.79. The van der Waals surface area contributed by atoms with Crippen molar-refractivity contribution in [2.24, 2.45) is 0 Å². The molecule has 1 unspecified atom stereocenters. The predicted molar refractivity (Wildman–Crippen MR) is 98.2 cm³/mol. The van der Waals surface area contributed by atoms with Gasteiger partial charge in [0.15, 0.2) is 0 Å². The summed E-state index contributed by atoms with van der Waals surface area (Å²) in [5, 5.41) is 0. The molecule has 0 nitrogen and oxygen atoms in total. The van der Waals surface area contributed by atoms with Gasteiger partial charge in [-0.05, 0) is 49.8 Å². The second-order valence-corrected chi connectivity index (χ2v) is 6.11. The van der Waals surface area contributed by atoms with Crippen LogP contribution in [0.2, 0.25) is 0 Å². The third kappa shape index (κ3) is 4.46. The van der Waals surface area contributed by atoms with Crippen LogP contribution in [-0.4, -0.2) is 0 Å². The molecule has 0 saturated heterocycles. The van der Waals surface area contributed by atoms with E-state index in [0.717, 1.165) is 19.3 Å². The van der Waals surface area contributed by atoms with E-state index in [1.807, 2.05) is 0 Å².